The van der Waals surface area contributed by atoms with Gasteiger partial charge < -0.3 is 40.2 Å². The van der Waals surface area contributed by atoms with Crippen LogP contribution in [-0.2, 0) is 0 Å². The Morgan fingerprint density at radius 2 is 0.922 bits per heavy atom. The lowest BCUT2D eigenvalue weighted by molar-refractivity contribution is 0.0756. The minimum atomic E-state index is 0.0719. The van der Waals surface area contributed by atoms with Crippen LogP contribution < -0.4 is 30.4 Å². The van der Waals surface area contributed by atoms with Crippen molar-refractivity contribution in [3.8, 4) is 29.1 Å². The fourth-order valence-corrected chi connectivity index (χ4v) is 7.79. The van der Waals surface area contributed by atoms with E-state index in [2.05, 4.69) is 44.4 Å². The maximum absolute atomic E-state index is 8.84. The van der Waals surface area contributed by atoms with Crippen molar-refractivity contribution in [2.24, 2.45) is 11.5 Å². The van der Waals surface area contributed by atoms with Gasteiger partial charge in [-0.25, -0.2) is 4.85 Å². The van der Waals surface area contributed by atoms with E-state index in [0.717, 1.165) is 114 Å². The normalized spacial score (nSPS) is 16.9. The van der Waals surface area contributed by atoms with E-state index in [9.17, 15) is 0 Å². The number of rotatable bonds is 22. The summed E-state index contributed by atoms with van der Waals surface area (Å²) in [6.45, 7) is 24.9. The molecular formula is C50H66N10O4. The molecule has 0 aromatic heterocycles. The summed E-state index contributed by atoms with van der Waals surface area (Å²) >= 11 is 0. The first-order chi connectivity index (χ1) is 31.1. The molecule has 2 heterocycles. The van der Waals surface area contributed by atoms with Crippen LogP contribution >= 0.6 is 0 Å². The Hall–Kier alpha value is -6.16. The zero-order valence-corrected chi connectivity index (χ0v) is 37.6. The molecule has 4 aromatic carbocycles. The number of hydrogen-bond acceptors (Lipinski definition) is 11. The van der Waals surface area contributed by atoms with E-state index < -0.39 is 0 Å². The van der Waals surface area contributed by atoms with Crippen molar-refractivity contribution in [3.05, 3.63) is 125 Å². The largest absolute Gasteiger partial charge is 0.494 e. The molecular weight excluding hydrogens is 805 g/mol. The van der Waals surface area contributed by atoms with Gasteiger partial charge in [0.25, 0.3) is 0 Å². The number of benzene rings is 4. The third kappa shape index (κ3) is 16.8. The molecule has 14 heteroatoms. The molecule has 2 atom stereocenters. The van der Waals surface area contributed by atoms with Crippen LogP contribution in [0.5, 0.6) is 23.0 Å². The van der Waals surface area contributed by atoms with E-state index in [1.54, 1.807) is 24.3 Å². The minimum absolute atomic E-state index is 0.0719. The molecule has 64 heavy (non-hydrogen) atoms. The third-order valence-electron chi connectivity index (χ3n) is 11.5. The van der Waals surface area contributed by atoms with Crippen LogP contribution in [0.15, 0.2) is 97.1 Å². The van der Waals surface area contributed by atoms with Gasteiger partial charge in [-0.2, -0.15) is 5.26 Å². The monoisotopic (exact) mass is 871 g/mol. The van der Waals surface area contributed by atoms with Crippen molar-refractivity contribution in [1.29, 1.82) is 16.1 Å². The zero-order chi connectivity index (χ0) is 45.5. The molecule has 4 aromatic rings. The molecule has 6 N–H and O–H groups in total. The number of ether oxygens (including phenoxy) is 4. The summed E-state index contributed by atoms with van der Waals surface area (Å²) < 4.78 is 23.2. The second-order valence-corrected chi connectivity index (χ2v) is 16.3. The minimum Gasteiger partial charge on any atom is -0.494 e. The maximum Gasteiger partial charge on any atom is 0.187 e. The van der Waals surface area contributed by atoms with Crippen molar-refractivity contribution < 1.29 is 18.9 Å². The molecule has 0 amide bonds. The van der Waals surface area contributed by atoms with Crippen LogP contribution in [0.2, 0.25) is 0 Å². The van der Waals surface area contributed by atoms with Crippen LogP contribution in [0.3, 0.4) is 0 Å². The first-order valence-electron chi connectivity index (χ1n) is 22.4. The van der Waals surface area contributed by atoms with Crippen LogP contribution in [0, 0.1) is 28.7 Å². The number of hydrogen-bond donors (Lipinski definition) is 4. The van der Waals surface area contributed by atoms with Crippen molar-refractivity contribution in [2.75, 3.05) is 91.9 Å². The molecule has 0 aliphatic carbocycles. The molecule has 6 rings (SSSR count). The van der Waals surface area contributed by atoms with Crippen LogP contribution in [0.4, 0.5) is 5.69 Å². The number of amidine groups is 2. The average Bonchev–Trinajstić information content (AvgIpc) is 3.31. The van der Waals surface area contributed by atoms with E-state index in [4.69, 9.17) is 53.1 Å². The van der Waals surface area contributed by atoms with Gasteiger partial charge in [0.15, 0.2) is 5.69 Å². The number of nitrogens with two attached hydrogens (primary N) is 2. The summed E-state index contributed by atoms with van der Waals surface area (Å²) in [5.74, 6) is 3.42. The highest BCUT2D eigenvalue weighted by Crippen LogP contribution is 2.19. The Morgan fingerprint density at radius 1 is 0.578 bits per heavy atom. The summed E-state index contributed by atoms with van der Waals surface area (Å²) in [4.78, 5) is 13.5. The van der Waals surface area contributed by atoms with Gasteiger partial charge in [-0.3, -0.25) is 20.6 Å². The maximum atomic E-state index is 8.84. The molecule has 0 saturated carbocycles. The molecule has 0 bridgehead atoms. The van der Waals surface area contributed by atoms with Crippen LogP contribution in [0.1, 0.15) is 56.2 Å². The average molecular weight is 871 g/mol. The van der Waals surface area contributed by atoms with Crippen LogP contribution in [-0.4, -0.2) is 135 Å². The second kappa shape index (κ2) is 26.5. The van der Waals surface area contributed by atoms with Gasteiger partial charge >= 0.3 is 0 Å². The van der Waals surface area contributed by atoms with Crippen molar-refractivity contribution >= 4 is 17.4 Å². The lowest BCUT2D eigenvalue weighted by Crippen LogP contribution is -2.52. The summed E-state index contributed by atoms with van der Waals surface area (Å²) in [6, 6.07) is 32.5. The first-order valence-corrected chi connectivity index (χ1v) is 22.4. The Bertz CT molecular complexity index is 2090. The number of nitrogens with zero attached hydrogens (tertiary/aromatic N) is 6. The predicted molar refractivity (Wildman–Crippen MR) is 254 cm³/mol. The quantitative estimate of drug-likeness (QED) is 0.0281. The number of nitriles is 1. The van der Waals surface area contributed by atoms with E-state index in [0.29, 0.717) is 60.9 Å². The molecule has 14 nitrogen and oxygen atoms in total. The second-order valence-electron chi connectivity index (χ2n) is 16.3. The van der Waals surface area contributed by atoms with E-state index in [1.807, 2.05) is 72.8 Å². The fourth-order valence-electron chi connectivity index (χ4n) is 7.79. The smallest absolute Gasteiger partial charge is 0.187 e. The van der Waals surface area contributed by atoms with Gasteiger partial charge in [0.2, 0.25) is 0 Å². The van der Waals surface area contributed by atoms with Crippen molar-refractivity contribution in [2.45, 2.75) is 51.6 Å². The Labute approximate surface area is 380 Å². The van der Waals surface area contributed by atoms with E-state index in [1.165, 1.54) is 0 Å². The predicted octanol–water partition coefficient (Wildman–Crippen LogP) is 6.85. The highest BCUT2D eigenvalue weighted by atomic mass is 16.5. The number of piperazine rings is 2. The highest BCUT2D eigenvalue weighted by molar-refractivity contribution is 5.95. The standard InChI is InChI=1S/C25H36N6O2.C25H30N4O2/c1-19-18-30(12-2-16-32-22-8-4-20(5-9-22)24(26)27)14-15-31(19)13-3-17-33-23-10-6-21(7-11-23)25(28)29;1-21-20-28(13-3-17-30-24-9-5-22(19-26)6-10-24)15-16-29(21)14-4-18-31-25-11-7-23(27-2)8-12-25/h4-11,19H,2-3,12-18H2,1H3,(H3,26,27)(H3,28,29);5-12,21H,3-4,13-18,20H2,1H3. The molecule has 2 fully saturated rings. The SMILES string of the molecule is CC1CN(CCCOc2ccc(C(=N)N)cc2)CCN1CCCOc1ccc(C(=N)N)cc1.[C-]#[N+]c1ccc(OCCCN2CCN(CCCOc3ccc(C#N)cc3)CC2C)cc1. The van der Waals surface area contributed by atoms with E-state index in [-0.39, 0.29) is 11.7 Å². The van der Waals surface area contributed by atoms with Gasteiger partial charge in [-0.1, -0.05) is 12.1 Å². The van der Waals surface area contributed by atoms with Gasteiger partial charge in [0, 0.05) is 88.7 Å². The summed E-state index contributed by atoms with van der Waals surface area (Å²) in [7, 11) is 0. The summed E-state index contributed by atoms with van der Waals surface area (Å²) in [5.41, 5.74) is 13.7. The summed E-state index contributed by atoms with van der Waals surface area (Å²) in [6.07, 6.45) is 3.95. The van der Waals surface area contributed by atoms with Gasteiger partial charge in [0.05, 0.1) is 44.6 Å². The van der Waals surface area contributed by atoms with Gasteiger partial charge in [-0.05, 0) is 124 Å². The number of nitrogens with one attached hydrogen (secondary N) is 2. The highest BCUT2D eigenvalue weighted by Gasteiger charge is 2.24. The molecule has 0 spiro atoms. The Morgan fingerprint density at radius 3 is 1.25 bits per heavy atom. The topological polar surface area (TPSA) is 178 Å². The summed E-state index contributed by atoms with van der Waals surface area (Å²) in [5, 5.41) is 23.7. The van der Waals surface area contributed by atoms with Gasteiger partial charge in [-0.15, -0.1) is 0 Å². The third-order valence-corrected chi connectivity index (χ3v) is 11.5. The van der Waals surface area contributed by atoms with Gasteiger partial charge in [0.1, 0.15) is 34.7 Å². The zero-order valence-electron chi connectivity index (χ0n) is 37.6. The lowest BCUT2D eigenvalue weighted by atomic mass is 10.1. The molecule has 2 saturated heterocycles. The molecule has 0 radical (unpaired) electrons. The van der Waals surface area contributed by atoms with Crippen molar-refractivity contribution in [1.82, 2.24) is 19.6 Å². The lowest BCUT2D eigenvalue weighted by Gasteiger charge is -2.40. The molecule has 2 aliphatic heterocycles. The Kier molecular flexibility index (Phi) is 20.2. The van der Waals surface area contributed by atoms with Crippen LogP contribution in [0.25, 0.3) is 4.85 Å². The van der Waals surface area contributed by atoms with E-state index >= 15 is 0 Å². The Balaban J connectivity index is 0.000000241. The molecule has 2 unspecified atom stereocenters. The van der Waals surface area contributed by atoms with Crippen molar-refractivity contribution in [3.63, 3.8) is 0 Å². The fraction of sp³-hybridized carbons (Fsp3) is 0.440. The first kappa shape index (κ1) is 48.9. The molecule has 340 valence electrons. The molecule has 2 aliphatic rings. The number of nitrogen functional groups attached to an aromatic ring is 2.